The van der Waals surface area contributed by atoms with Crippen molar-refractivity contribution in [3.63, 3.8) is 0 Å². The topological polar surface area (TPSA) is 82.5 Å². The van der Waals surface area contributed by atoms with E-state index in [4.69, 9.17) is 27.3 Å². The Morgan fingerprint density at radius 3 is 2.52 bits per heavy atom. The van der Waals surface area contributed by atoms with Crippen LogP contribution in [0.15, 0.2) is 73.2 Å². The van der Waals surface area contributed by atoms with Crippen LogP contribution in [0.3, 0.4) is 0 Å². The third kappa shape index (κ3) is 3.39. The number of nitrogen functional groups attached to an aromatic ring is 1. The minimum absolute atomic E-state index is 0.317. The molecule has 5 aromatic rings. The third-order valence-corrected chi connectivity index (χ3v) is 5.29. The Kier molecular flexibility index (Phi) is 4.80. The predicted octanol–water partition coefficient (Wildman–Crippen LogP) is 5.00. The molecule has 0 aliphatic carbocycles. The van der Waals surface area contributed by atoms with Gasteiger partial charge in [0.25, 0.3) is 0 Å². The average molecular weight is 431 g/mol. The zero-order valence-corrected chi connectivity index (χ0v) is 17.0. The van der Waals surface area contributed by atoms with Crippen LogP contribution in [-0.4, -0.2) is 24.5 Å². The van der Waals surface area contributed by atoms with Gasteiger partial charge in [-0.3, -0.25) is 9.55 Å². The van der Waals surface area contributed by atoms with Gasteiger partial charge < -0.3 is 5.73 Å². The standard InChI is InChI=1S/C23H16ClFN6/c24-12-14-3-5-15(6-4-14)31-22(16-2-1-10-28-21(16)26)30-20-8-7-19(29-23(20)31)17-13-27-11-9-18(17)25/h1-11,13H,12H2,(H2,26,28). The highest BCUT2D eigenvalue weighted by molar-refractivity contribution is 6.17. The molecule has 152 valence electrons. The van der Waals surface area contributed by atoms with Gasteiger partial charge in [0.1, 0.15) is 17.2 Å². The number of hydrogen-bond donors (Lipinski definition) is 1. The fourth-order valence-electron chi connectivity index (χ4n) is 3.44. The molecule has 8 heteroatoms. The first kappa shape index (κ1) is 19.1. The van der Waals surface area contributed by atoms with Crippen molar-refractivity contribution in [3.8, 4) is 28.3 Å². The molecular formula is C23H16ClFN6. The lowest BCUT2D eigenvalue weighted by atomic mass is 10.2. The summed E-state index contributed by atoms with van der Waals surface area (Å²) in [5.74, 6) is 0.970. The molecule has 4 aromatic heterocycles. The molecule has 0 aliphatic rings. The molecule has 0 unspecified atom stereocenters. The van der Waals surface area contributed by atoms with Gasteiger partial charge in [-0.05, 0) is 48.0 Å². The predicted molar refractivity (Wildman–Crippen MR) is 119 cm³/mol. The smallest absolute Gasteiger partial charge is 0.165 e. The van der Waals surface area contributed by atoms with Crippen LogP contribution in [0.4, 0.5) is 10.2 Å². The van der Waals surface area contributed by atoms with Crippen LogP contribution < -0.4 is 5.73 Å². The molecule has 31 heavy (non-hydrogen) atoms. The number of anilines is 1. The fraction of sp³-hybridized carbons (Fsp3) is 0.0435. The van der Waals surface area contributed by atoms with Crippen molar-refractivity contribution in [3.05, 3.63) is 84.6 Å². The number of nitrogens with zero attached hydrogens (tertiary/aromatic N) is 5. The molecule has 0 saturated heterocycles. The van der Waals surface area contributed by atoms with Gasteiger partial charge in [0.15, 0.2) is 11.5 Å². The molecular weight excluding hydrogens is 415 g/mol. The van der Waals surface area contributed by atoms with E-state index in [1.54, 1.807) is 18.3 Å². The quantitative estimate of drug-likeness (QED) is 0.405. The lowest BCUT2D eigenvalue weighted by molar-refractivity contribution is 0.628. The molecule has 0 amide bonds. The highest BCUT2D eigenvalue weighted by atomic mass is 35.5. The van der Waals surface area contributed by atoms with Crippen LogP contribution in [0.2, 0.25) is 0 Å². The van der Waals surface area contributed by atoms with Crippen LogP contribution in [0.1, 0.15) is 5.56 Å². The van der Waals surface area contributed by atoms with Crippen molar-refractivity contribution in [2.75, 3.05) is 5.73 Å². The third-order valence-electron chi connectivity index (χ3n) is 4.98. The van der Waals surface area contributed by atoms with E-state index in [-0.39, 0.29) is 0 Å². The van der Waals surface area contributed by atoms with Gasteiger partial charge in [0.05, 0.1) is 16.8 Å². The molecule has 1 aromatic carbocycles. The van der Waals surface area contributed by atoms with Crippen molar-refractivity contribution < 1.29 is 4.39 Å². The summed E-state index contributed by atoms with van der Waals surface area (Å²) in [7, 11) is 0. The second kappa shape index (κ2) is 7.77. The van der Waals surface area contributed by atoms with Crippen molar-refractivity contribution in [2.45, 2.75) is 5.88 Å². The second-order valence-corrected chi connectivity index (χ2v) is 7.17. The molecule has 0 atom stereocenters. The minimum atomic E-state index is -0.392. The largest absolute Gasteiger partial charge is 0.383 e. The van der Waals surface area contributed by atoms with E-state index in [0.29, 0.717) is 45.5 Å². The number of halogens is 2. The van der Waals surface area contributed by atoms with Gasteiger partial charge in [0.2, 0.25) is 0 Å². The maximum Gasteiger partial charge on any atom is 0.165 e. The van der Waals surface area contributed by atoms with Gasteiger partial charge in [-0.2, -0.15) is 0 Å². The molecule has 0 radical (unpaired) electrons. The number of nitrogens with two attached hydrogens (primary N) is 1. The number of benzene rings is 1. The Labute approximate surface area is 182 Å². The normalized spacial score (nSPS) is 11.2. The van der Waals surface area contributed by atoms with Crippen LogP contribution in [0, 0.1) is 5.82 Å². The van der Waals surface area contributed by atoms with Crippen molar-refractivity contribution in [2.24, 2.45) is 0 Å². The van der Waals surface area contributed by atoms with Crippen molar-refractivity contribution in [1.82, 2.24) is 24.5 Å². The van der Waals surface area contributed by atoms with E-state index in [1.807, 2.05) is 41.0 Å². The maximum atomic E-state index is 14.4. The summed E-state index contributed by atoms with van der Waals surface area (Å²) < 4.78 is 16.3. The number of rotatable bonds is 4. The number of imidazole rings is 1. The Bertz CT molecular complexity index is 1400. The van der Waals surface area contributed by atoms with Crippen LogP contribution >= 0.6 is 11.6 Å². The molecule has 0 bridgehead atoms. The summed E-state index contributed by atoms with van der Waals surface area (Å²) in [6.07, 6.45) is 4.49. The fourth-order valence-corrected chi connectivity index (χ4v) is 3.62. The SMILES string of the molecule is Nc1ncccc1-c1nc2ccc(-c3cnccc3F)nc2n1-c1ccc(CCl)cc1. The summed E-state index contributed by atoms with van der Waals surface area (Å²) in [5, 5.41) is 0. The van der Waals surface area contributed by atoms with Gasteiger partial charge in [0, 0.05) is 30.2 Å². The zero-order chi connectivity index (χ0) is 21.4. The first-order valence-corrected chi connectivity index (χ1v) is 10.0. The number of hydrogen-bond acceptors (Lipinski definition) is 5. The van der Waals surface area contributed by atoms with E-state index < -0.39 is 5.82 Å². The van der Waals surface area contributed by atoms with E-state index in [9.17, 15) is 4.39 Å². The van der Waals surface area contributed by atoms with Crippen LogP contribution in [0.5, 0.6) is 0 Å². The number of alkyl halides is 1. The first-order valence-electron chi connectivity index (χ1n) is 9.51. The number of aromatic nitrogens is 5. The lowest BCUT2D eigenvalue weighted by Gasteiger charge is -2.11. The Morgan fingerprint density at radius 1 is 0.935 bits per heavy atom. The highest BCUT2D eigenvalue weighted by Crippen LogP contribution is 2.32. The van der Waals surface area contributed by atoms with Gasteiger partial charge >= 0.3 is 0 Å². The Morgan fingerprint density at radius 2 is 1.77 bits per heavy atom. The maximum absolute atomic E-state index is 14.4. The zero-order valence-electron chi connectivity index (χ0n) is 16.2. The molecule has 0 aliphatic heterocycles. The summed E-state index contributed by atoms with van der Waals surface area (Å²) in [5.41, 5.74) is 10.6. The van der Waals surface area contributed by atoms with Gasteiger partial charge in [-0.15, -0.1) is 11.6 Å². The Balaban J connectivity index is 1.80. The molecule has 0 spiro atoms. The van der Waals surface area contributed by atoms with Crippen molar-refractivity contribution >= 4 is 28.6 Å². The number of pyridine rings is 3. The minimum Gasteiger partial charge on any atom is -0.383 e. The van der Waals surface area contributed by atoms with E-state index in [2.05, 4.69) is 9.97 Å². The second-order valence-electron chi connectivity index (χ2n) is 6.90. The molecule has 0 fully saturated rings. The van der Waals surface area contributed by atoms with E-state index >= 15 is 0 Å². The molecule has 4 heterocycles. The molecule has 0 saturated carbocycles. The lowest BCUT2D eigenvalue weighted by Crippen LogP contribution is -2.02. The average Bonchev–Trinajstić information content (AvgIpc) is 3.18. The monoisotopic (exact) mass is 430 g/mol. The Hall–Kier alpha value is -3.84. The van der Waals surface area contributed by atoms with E-state index in [0.717, 1.165) is 11.3 Å². The van der Waals surface area contributed by atoms with Gasteiger partial charge in [-0.1, -0.05) is 12.1 Å². The highest BCUT2D eigenvalue weighted by Gasteiger charge is 2.19. The summed E-state index contributed by atoms with van der Waals surface area (Å²) in [6, 6.07) is 16.3. The van der Waals surface area contributed by atoms with Crippen LogP contribution in [-0.2, 0) is 5.88 Å². The number of fused-ring (bicyclic) bond motifs is 1. The summed E-state index contributed by atoms with van der Waals surface area (Å²) in [4.78, 5) is 17.7. The van der Waals surface area contributed by atoms with Crippen molar-refractivity contribution in [1.29, 1.82) is 0 Å². The first-order chi connectivity index (χ1) is 15.2. The molecule has 5 rings (SSSR count). The summed E-state index contributed by atoms with van der Waals surface area (Å²) >= 11 is 5.95. The summed E-state index contributed by atoms with van der Waals surface area (Å²) in [6.45, 7) is 0. The molecule has 2 N–H and O–H groups in total. The molecule has 6 nitrogen and oxygen atoms in total. The van der Waals surface area contributed by atoms with Crippen LogP contribution in [0.25, 0.3) is 39.5 Å². The van der Waals surface area contributed by atoms with E-state index in [1.165, 1.54) is 18.5 Å². The van der Waals surface area contributed by atoms with Gasteiger partial charge in [-0.25, -0.2) is 19.3 Å².